The minimum Gasteiger partial charge on any atom is -0.481 e. The van der Waals surface area contributed by atoms with Crippen LogP contribution in [-0.2, 0) is 40.0 Å². The molecule has 0 spiro atoms. The van der Waals surface area contributed by atoms with Crippen LogP contribution < -0.4 is 44.2 Å². The Morgan fingerprint density at radius 3 is 1.98 bits per heavy atom. The molecule has 0 unspecified atom stereocenters. The third-order valence-corrected chi connectivity index (χ3v) is 5.71. The first kappa shape index (κ1) is 35.8. The number of nitrogens with two attached hydrogens (primary N) is 4. The molecule has 0 aliphatic heterocycles. The molecular formula is C23H37N11O9. The average Bonchev–Trinajstić information content (AvgIpc) is 3.41. The highest BCUT2D eigenvalue weighted by Crippen LogP contribution is 2.04. The summed E-state index contributed by atoms with van der Waals surface area (Å²) in [6.45, 7) is 1.35. The molecular weight excluding hydrogens is 574 g/mol. The van der Waals surface area contributed by atoms with Crippen LogP contribution in [0.15, 0.2) is 17.5 Å². The van der Waals surface area contributed by atoms with E-state index in [0.29, 0.717) is 5.69 Å². The maximum absolute atomic E-state index is 13.1. The number of carbonyl (C=O) groups excluding carboxylic acids is 5. The Labute approximate surface area is 244 Å². The molecule has 238 valence electrons. The first-order chi connectivity index (χ1) is 20.1. The predicted octanol–water partition coefficient (Wildman–Crippen LogP) is -5.27. The van der Waals surface area contributed by atoms with Crippen LogP contribution in [0, 0.1) is 0 Å². The van der Waals surface area contributed by atoms with Crippen LogP contribution in [-0.4, -0.2) is 104 Å². The second-order valence-corrected chi connectivity index (χ2v) is 9.35. The molecule has 0 aliphatic rings. The summed E-state index contributed by atoms with van der Waals surface area (Å²) in [7, 11) is 0. The number of nitrogens with one attached hydrogen (secondary N) is 5. The number of carboxylic acids is 2. The van der Waals surface area contributed by atoms with E-state index in [9.17, 15) is 33.6 Å². The highest BCUT2D eigenvalue weighted by atomic mass is 16.4. The Morgan fingerprint density at radius 2 is 1.44 bits per heavy atom. The van der Waals surface area contributed by atoms with Gasteiger partial charge in [0.25, 0.3) is 0 Å². The number of hydrogen-bond donors (Lipinski definition) is 11. The van der Waals surface area contributed by atoms with Gasteiger partial charge in [-0.3, -0.25) is 38.6 Å². The van der Waals surface area contributed by atoms with Gasteiger partial charge in [-0.1, -0.05) is 0 Å². The van der Waals surface area contributed by atoms with Crippen LogP contribution >= 0.6 is 0 Å². The first-order valence-electron chi connectivity index (χ1n) is 12.8. The van der Waals surface area contributed by atoms with Crippen molar-refractivity contribution >= 4 is 47.4 Å². The van der Waals surface area contributed by atoms with Crippen LogP contribution in [0.4, 0.5) is 0 Å². The summed E-state index contributed by atoms with van der Waals surface area (Å²) in [5.74, 6) is -7.64. The Hall–Kier alpha value is -5.27. The molecule has 0 saturated carbocycles. The van der Waals surface area contributed by atoms with Crippen LogP contribution in [0.2, 0.25) is 0 Å². The molecule has 0 bridgehead atoms. The number of rotatable bonds is 19. The Balaban J connectivity index is 3.02. The van der Waals surface area contributed by atoms with Crippen molar-refractivity contribution in [1.82, 2.24) is 31.2 Å². The topological polar surface area (TPSA) is 353 Å². The lowest BCUT2D eigenvalue weighted by atomic mass is 10.1. The summed E-state index contributed by atoms with van der Waals surface area (Å²) in [5.41, 5.74) is 21.8. The third kappa shape index (κ3) is 13.8. The van der Waals surface area contributed by atoms with Crippen LogP contribution in [0.25, 0.3) is 0 Å². The van der Waals surface area contributed by atoms with Crippen molar-refractivity contribution in [2.75, 3.05) is 6.54 Å². The fraction of sp³-hybridized carbons (Fsp3) is 0.522. The summed E-state index contributed by atoms with van der Waals surface area (Å²) in [6.07, 6.45) is 1.20. The van der Waals surface area contributed by atoms with Gasteiger partial charge in [0.2, 0.25) is 29.5 Å². The molecule has 0 aliphatic carbocycles. The molecule has 5 amide bonds. The number of nitrogens with zero attached hydrogens (tertiary/aromatic N) is 2. The molecule has 5 atom stereocenters. The molecule has 1 rings (SSSR count). The predicted molar refractivity (Wildman–Crippen MR) is 147 cm³/mol. The Kier molecular flexibility index (Phi) is 14.6. The number of carboxylic acid groups (broad SMARTS) is 2. The van der Waals surface area contributed by atoms with Crippen molar-refractivity contribution in [2.45, 2.75) is 69.2 Å². The van der Waals surface area contributed by atoms with Crippen molar-refractivity contribution < 1.29 is 43.8 Å². The number of hydrogen-bond acceptors (Lipinski definition) is 10. The van der Waals surface area contributed by atoms with Gasteiger partial charge in [0.1, 0.15) is 24.2 Å². The Morgan fingerprint density at radius 1 is 0.860 bits per heavy atom. The van der Waals surface area contributed by atoms with Gasteiger partial charge in [0, 0.05) is 24.9 Å². The SMILES string of the molecule is C[C@H](NC(=O)[C@H](Cc1cnc[nH]1)NC(=O)[C@@H](N)CC(=O)O)C(=O)N[C@@H](CCCN=C(N)N)C(=O)N[C@@H](CC(=O)O)C(N)=O. The van der Waals surface area contributed by atoms with Gasteiger partial charge in [-0.25, -0.2) is 4.98 Å². The largest absolute Gasteiger partial charge is 0.481 e. The van der Waals surface area contributed by atoms with Crippen molar-refractivity contribution in [3.05, 3.63) is 18.2 Å². The van der Waals surface area contributed by atoms with E-state index in [1.165, 1.54) is 19.4 Å². The smallest absolute Gasteiger partial charge is 0.305 e. The number of aromatic nitrogens is 2. The monoisotopic (exact) mass is 611 g/mol. The number of guanidine groups is 1. The van der Waals surface area contributed by atoms with Crippen molar-refractivity contribution in [3.63, 3.8) is 0 Å². The zero-order valence-electron chi connectivity index (χ0n) is 23.2. The van der Waals surface area contributed by atoms with E-state index in [1.54, 1.807) is 0 Å². The lowest BCUT2D eigenvalue weighted by Crippen LogP contribution is -2.58. The fourth-order valence-electron chi connectivity index (χ4n) is 3.50. The maximum atomic E-state index is 13.1. The molecule has 1 aromatic rings. The van der Waals surface area contributed by atoms with E-state index in [0.717, 1.165) is 0 Å². The minimum absolute atomic E-state index is 0.0620. The number of primary amides is 1. The van der Waals surface area contributed by atoms with E-state index < -0.39 is 84.5 Å². The normalized spacial score (nSPS) is 14.1. The van der Waals surface area contributed by atoms with Gasteiger partial charge in [-0.05, 0) is 19.8 Å². The van der Waals surface area contributed by atoms with Gasteiger partial charge in [-0.15, -0.1) is 0 Å². The molecule has 0 saturated heterocycles. The summed E-state index contributed by atoms with van der Waals surface area (Å²) in [4.78, 5) is 95.3. The van der Waals surface area contributed by atoms with Crippen LogP contribution in [0.1, 0.15) is 38.3 Å². The molecule has 1 aromatic heterocycles. The quantitative estimate of drug-likeness (QED) is 0.0396. The number of aliphatic imine (C=N–C) groups is 1. The lowest BCUT2D eigenvalue weighted by molar-refractivity contribution is -0.140. The number of H-pyrrole nitrogens is 1. The third-order valence-electron chi connectivity index (χ3n) is 5.71. The van der Waals surface area contributed by atoms with E-state index in [4.69, 9.17) is 33.1 Å². The Bertz CT molecular complexity index is 1190. The van der Waals surface area contributed by atoms with Crippen LogP contribution in [0.3, 0.4) is 0 Å². The zero-order chi connectivity index (χ0) is 32.7. The number of amides is 5. The summed E-state index contributed by atoms with van der Waals surface area (Å²) in [6, 6.07) is -6.96. The molecule has 20 nitrogen and oxygen atoms in total. The molecule has 0 aromatic carbocycles. The van der Waals surface area contributed by atoms with E-state index >= 15 is 0 Å². The molecule has 0 fully saturated rings. The summed E-state index contributed by atoms with van der Waals surface area (Å²) in [5, 5.41) is 27.2. The zero-order valence-corrected chi connectivity index (χ0v) is 23.2. The van der Waals surface area contributed by atoms with Crippen molar-refractivity contribution in [2.24, 2.45) is 27.9 Å². The lowest BCUT2D eigenvalue weighted by Gasteiger charge is -2.24. The molecule has 0 radical (unpaired) electrons. The van der Waals surface area contributed by atoms with E-state index in [2.05, 4.69) is 36.2 Å². The van der Waals surface area contributed by atoms with E-state index in [-0.39, 0.29) is 31.8 Å². The minimum atomic E-state index is -1.57. The number of carbonyl (C=O) groups is 7. The molecule has 15 N–H and O–H groups in total. The van der Waals surface area contributed by atoms with E-state index in [1.807, 2.05) is 0 Å². The number of aliphatic carboxylic acids is 2. The highest BCUT2D eigenvalue weighted by molar-refractivity contribution is 5.96. The first-order valence-corrected chi connectivity index (χ1v) is 12.8. The van der Waals surface area contributed by atoms with Crippen molar-refractivity contribution in [3.8, 4) is 0 Å². The average molecular weight is 612 g/mol. The highest BCUT2D eigenvalue weighted by Gasteiger charge is 2.31. The molecule has 43 heavy (non-hydrogen) atoms. The number of imidazole rings is 1. The molecule has 20 heteroatoms. The van der Waals surface area contributed by atoms with Gasteiger partial charge in [-0.2, -0.15) is 0 Å². The molecule has 1 heterocycles. The second kappa shape index (κ2) is 17.5. The second-order valence-electron chi connectivity index (χ2n) is 9.35. The van der Waals surface area contributed by atoms with Gasteiger partial charge >= 0.3 is 11.9 Å². The van der Waals surface area contributed by atoms with Crippen LogP contribution in [0.5, 0.6) is 0 Å². The maximum Gasteiger partial charge on any atom is 0.305 e. The fourth-order valence-corrected chi connectivity index (χ4v) is 3.50. The summed E-state index contributed by atoms with van der Waals surface area (Å²) < 4.78 is 0. The summed E-state index contributed by atoms with van der Waals surface area (Å²) >= 11 is 0. The van der Waals surface area contributed by atoms with Gasteiger partial charge < -0.3 is 59.4 Å². The standard InChI is InChI=1S/C23H37N11O9/c1-10(31-22(43)15(5-11-8-28-9-30-11)34-20(41)12(24)6-16(35)36)19(40)32-13(3-2-4-29-23(26)27)21(42)33-14(18(25)39)7-17(37)38/h8-10,12-15H,2-7,24H2,1H3,(H2,25,39)(H,28,30)(H,31,43)(H,32,40)(H,33,42)(H,34,41)(H,35,36)(H,37,38)(H4,26,27,29)/t10-,12-,13-,14-,15-/m0/s1. The van der Waals surface area contributed by atoms with Gasteiger partial charge in [0.05, 0.1) is 25.2 Å². The van der Waals surface area contributed by atoms with Gasteiger partial charge in [0.15, 0.2) is 5.96 Å². The van der Waals surface area contributed by atoms with Crippen molar-refractivity contribution in [1.29, 1.82) is 0 Å². The number of aromatic amines is 1.